The van der Waals surface area contributed by atoms with Crippen molar-refractivity contribution in [2.45, 2.75) is 51.4 Å². The fraction of sp³-hybridized carbons (Fsp3) is 0.308. The number of hydrogen-bond acceptors (Lipinski definition) is 7. The topological polar surface area (TPSA) is 159 Å². The zero-order valence-electron chi connectivity index (χ0n) is 22.6. The Labute approximate surface area is 234 Å². The van der Waals surface area contributed by atoms with E-state index in [-0.39, 0.29) is 21.9 Å². The molecule has 0 aliphatic carbocycles. The van der Waals surface area contributed by atoms with Crippen LogP contribution in [0.1, 0.15) is 52.4 Å². The Bertz CT molecular complexity index is 1520. The summed E-state index contributed by atoms with van der Waals surface area (Å²) in [6.45, 7) is 6.57. The van der Waals surface area contributed by atoms with Crippen molar-refractivity contribution in [3.05, 3.63) is 71.0 Å². The molecule has 3 N–H and O–H groups in total. The third-order valence-electron chi connectivity index (χ3n) is 5.52. The molecule has 1 heterocycles. The van der Waals surface area contributed by atoms with Gasteiger partial charge in [0.2, 0.25) is 0 Å². The van der Waals surface area contributed by atoms with E-state index in [2.05, 4.69) is 16.7 Å². The number of rotatable bonds is 10. The minimum atomic E-state index is -5.08. The summed E-state index contributed by atoms with van der Waals surface area (Å²) in [4.78, 5) is 34.1. The van der Waals surface area contributed by atoms with Gasteiger partial charge in [0.15, 0.2) is 5.78 Å². The van der Waals surface area contributed by atoms with Crippen LogP contribution in [-0.2, 0) is 27.9 Å². The lowest BCUT2D eigenvalue weighted by Gasteiger charge is -2.22. The molecule has 41 heavy (non-hydrogen) atoms. The summed E-state index contributed by atoms with van der Waals surface area (Å²) in [5.74, 6) is -4.10. The second-order valence-electron chi connectivity index (χ2n) is 8.88. The van der Waals surface area contributed by atoms with Crippen molar-refractivity contribution in [1.82, 2.24) is 9.78 Å². The van der Waals surface area contributed by atoms with E-state index in [4.69, 9.17) is 9.90 Å². The van der Waals surface area contributed by atoms with Gasteiger partial charge < -0.3 is 15.1 Å². The lowest BCUT2D eigenvalue weighted by molar-refractivity contribution is -0.192. The van der Waals surface area contributed by atoms with Crippen LogP contribution in [-0.4, -0.2) is 59.4 Å². The van der Waals surface area contributed by atoms with Crippen LogP contribution in [0, 0.1) is 6.92 Å². The van der Waals surface area contributed by atoms with E-state index in [0.29, 0.717) is 17.8 Å². The number of benzene rings is 2. The molecule has 3 aromatic rings. The molecule has 0 amide bonds. The quantitative estimate of drug-likeness (QED) is 0.284. The molecule has 0 spiro atoms. The molecule has 15 heteroatoms. The Morgan fingerprint density at radius 1 is 1.05 bits per heavy atom. The Balaban J connectivity index is 0.000000745. The number of aromatic nitrogens is 2. The Morgan fingerprint density at radius 2 is 1.63 bits per heavy atom. The zero-order valence-corrected chi connectivity index (χ0v) is 23.4. The van der Waals surface area contributed by atoms with E-state index >= 15 is 0 Å². The molecule has 0 bridgehead atoms. The van der Waals surface area contributed by atoms with Gasteiger partial charge in [0.1, 0.15) is 0 Å². The third kappa shape index (κ3) is 9.06. The Kier molecular flexibility index (Phi) is 10.6. The second kappa shape index (κ2) is 13.3. The number of alkyl halides is 3. The summed E-state index contributed by atoms with van der Waals surface area (Å²) in [6.07, 6.45) is -4.16. The minimum Gasteiger partial charge on any atom is -0.478 e. The number of nitrogens with one attached hydrogen (secondary N) is 1. The number of anilines is 2. The zero-order chi connectivity index (χ0) is 31.1. The van der Waals surface area contributed by atoms with E-state index in [1.165, 1.54) is 43.3 Å². The van der Waals surface area contributed by atoms with Gasteiger partial charge in [-0.05, 0) is 56.7 Å². The Hall–Kier alpha value is -4.40. The molecular weight excluding hydrogens is 569 g/mol. The number of ketones is 1. The predicted octanol–water partition coefficient (Wildman–Crippen LogP) is 4.57. The summed E-state index contributed by atoms with van der Waals surface area (Å²) in [7, 11) is -2.19. The SMILES string of the molecule is CCCn1nc(C)cc1CN(C)c1ccc(NS(=O)(=O)c2ccc(C(C)=O)cc2)cc1C(=O)O.O=C(O)C(F)(F)F. The number of Topliss-reactive ketones (excluding diaryl/α,β-unsaturated/α-hetero) is 1. The summed E-state index contributed by atoms with van der Waals surface area (Å²) in [5.41, 5.74) is 2.77. The monoisotopic (exact) mass is 598 g/mol. The number of carboxylic acids is 2. The van der Waals surface area contributed by atoms with E-state index in [0.717, 1.165) is 24.4 Å². The maximum atomic E-state index is 12.8. The summed E-state index contributed by atoms with van der Waals surface area (Å²) < 4.78 is 61.6. The van der Waals surface area contributed by atoms with Crippen molar-refractivity contribution in [3.8, 4) is 0 Å². The number of aryl methyl sites for hydroxylation is 2. The fourth-order valence-corrected chi connectivity index (χ4v) is 4.70. The van der Waals surface area contributed by atoms with Crippen LogP contribution in [0.4, 0.5) is 24.5 Å². The van der Waals surface area contributed by atoms with Gasteiger partial charge in [0.05, 0.1) is 34.1 Å². The average molecular weight is 599 g/mol. The van der Waals surface area contributed by atoms with E-state index in [1.807, 2.05) is 17.7 Å². The smallest absolute Gasteiger partial charge is 0.478 e. The maximum Gasteiger partial charge on any atom is 0.490 e. The number of carboxylic acid groups (broad SMARTS) is 2. The molecule has 222 valence electrons. The molecule has 0 atom stereocenters. The summed E-state index contributed by atoms with van der Waals surface area (Å²) >= 11 is 0. The number of sulfonamides is 1. The minimum absolute atomic E-state index is 0.0323. The number of carbonyl (C=O) groups excluding carboxylic acids is 1. The van der Waals surface area contributed by atoms with Gasteiger partial charge in [-0.25, -0.2) is 18.0 Å². The van der Waals surface area contributed by atoms with Gasteiger partial charge >= 0.3 is 18.1 Å². The van der Waals surface area contributed by atoms with Crippen LogP contribution in [0.3, 0.4) is 0 Å². The molecule has 0 saturated heterocycles. The first-order valence-electron chi connectivity index (χ1n) is 12.0. The highest BCUT2D eigenvalue weighted by Crippen LogP contribution is 2.27. The van der Waals surface area contributed by atoms with Crippen molar-refractivity contribution >= 4 is 39.1 Å². The number of aromatic carboxylic acids is 1. The summed E-state index contributed by atoms with van der Waals surface area (Å²) in [5, 5.41) is 21.4. The van der Waals surface area contributed by atoms with Crippen molar-refractivity contribution in [1.29, 1.82) is 0 Å². The number of aliphatic carboxylic acids is 1. The molecule has 0 aliphatic heterocycles. The normalized spacial score (nSPS) is 11.3. The van der Waals surface area contributed by atoms with Gasteiger partial charge in [-0.1, -0.05) is 19.1 Å². The molecule has 2 aromatic carbocycles. The van der Waals surface area contributed by atoms with E-state index < -0.39 is 28.1 Å². The van der Waals surface area contributed by atoms with Crippen molar-refractivity contribution in [2.75, 3.05) is 16.7 Å². The first-order valence-corrected chi connectivity index (χ1v) is 13.5. The van der Waals surface area contributed by atoms with Gasteiger partial charge in [-0.3, -0.25) is 14.2 Å². The number of halogens is 3. The molecule has 1 aromatic heterocycles. The van der Waals surface area contributed by atoms with Crippen LogP contribution >= 0.6 is 0 Å². The predicted molar refractivity (Wildman–Crippen MR) is 144 cm³/mol. The molecular formula is C26H29F3N4O7S. The third-order valence-corrected chi connectivity index (χ3v) is 6.92. The van der Waals surface area contributed by atoms with Crippen LogP contribution in [0.2, 0.25) is 0 Å². The average Bonchev–Trinajstić information content (AvgIpc) is 3.21. The van der Waals surface area contributed by atoms with Gasteiger partial charge in [0, 0.05) is 24.8 Å². The first-order chi connectivity index (χ1) is 19.0. The molecule has 0 radical (unpaired) electrons. The number of nitrogens with zero attached hydrogens (tertiary/aromatic N) is 3. The molecule has 0 fully saturated rings. The number of carbonyl (C=O) groups is 3. The van der Waals surface area contributed by atoms with Crippen LogP contribution < -0.4 is 9.62 Å². The van der Waals surface area contributed by atoms with Gasteiger partial charge in [-0.2, -0.15) is 18.3 Å². The number of hydrogen-bond donors (Lipinski definition) is 3. The molecule has 11 nitrogen and oxygen atoms in total. The molecule has 3 rings (SSSR count). The highest BCUT2D eigenvalue weighted by Gasteiger charge is 2.38. The summed E-state index contributed by atoms with van der Waals surface area (Å²) in [6, 6.07) is 11.9. The van der Waals surface area contributed by atoms with Crippen LogP contribution in [0.15, 0.2) is 53.4 Å². The molecule has 0 aliphatic rings. The van der Waals surface area contributed by atoms with E-state index in [1.54, 1.807) is 18.0 Å². The first kappa shape index (κ1) is 32.8. The maximum absolute atomic E-state index is 12.8. The second-order valence-corrected chi connectivity index (χ2v) is 10.6. The highest BCUT2D eigenvalue weighted by molar-refractivity contribution is 7.92. The fourth-order valence-electron chi connectivity index (χ4n) is 3.65. The van der Waals surface area contributed by atoms with E-state index in [9.17, 15) is 36.3 Å². The van der Waals surface area contributed by atoms with Crippen LogP contribution in [0.25, 0.3) is 0 Å². The van der Waals surface area contributed by atoms with Gasteiger partial charge in [0.25, 0.3) is 10.0 Å². The lowest BCUT2D eigenvalue weighted by atomic mass is 10.1. The molecule has 0 saturated carbocycles. The largest absolute Gasteiger partial charge is 0.490 e. The standard InChI is InChI=1S/C24H28N4O5S.C2HF3O2/c1-5-12-28-20(13-16(2)25-28)15-27(4)23-11-8-19(14-22(23)24(30)31)26-34(32,33)21-9-6-18(7-10-21)17(3)29;3-2(4,5)1(6)7/h6-11,13-14,26H,5,12,15H2,1-4H3,(H,30,31);(H,6,7). The lowest BCUT2D eigenvalue weighted by Crippen LogP contribution is -2.22. The van der Waals surface area contributed by atoms with Crippen molar-refractivity contribution in [2.24, 2.45) is 0 Å². The molecule has 0 unspecified atom stereocenters. The Morgan fingerprint density at radius 3 is 2.12 bits per heavy atom. The van der Waals surface area contributed by atoms with Crippen molar-refractivity contribution in [3.63, 3.8) is 0 Å². The van der Waals surface area contributed by atoms with Crippen molar-refractivity contribution < 1.29 is 46.2 Å². The van der Waals surface area contributed by atoms with Crippen LogP contribution in [0.5, 0.6) is 0 Å². The highest BCUT2D eigenvalue weighted by atomic mass is 32.2. The van der Waals surface area contributed by atoms with Gasteiger partial charge in [-0.15, -0.1) is 0 Å².